The van der Waals surface area contributed by atoms with Crippen LogP contribution in [0, 0.1) is 0 Å². The fraction of sp³-hybridized carbons (Fsp3) is 0.667. The van der Waals surface area contributed by atoms with Crippen molar-refractivity contribution in [2.24, 2.45) is 0 Å². The van der Waals surface area contributed by atoms with Crippen molar-refractivity contribution >= 4 is 5.97 Å². The average Bonchev–Trinajstić information content (AvgIpc) is 3.40. The Balaban J connectivity index is 1.42. The summed E-state index contributed by atoms with van der Waals surface area (Å²) in [5.41, 5.74) is 0.813. The van der Waals surface area contributed by atoms with Gasteiger partial charge < -0.3 is 19.1 Å². The molecule has 3 aliphatic heterocycles. The summed E-state index contributed by atoms with van der Waals surface area (Å²) >= 11 is 0. The number of piperidine rings is 1. The molecule has 0 saturated carbocycles. The van der Waals surface area contributed by atoms with Gasteiger partial charge >= 0.3 is 5.97 Å². The molecule has 0 spiro atoms. The van der Waals surface area contributed by atoms with E-state index >= 15 is 0 Å². The van der Waals surface area contributed by atoms with Crippen LogP contribution in [0.15, 0.2) is 30.3 Å². The molecule has 0 aliphatic carbocycles. The summed E-state index contributed by atoms with van der Waals surface area (Å²) in [6.07, 6.45) is 4.83. The first-order chi connectivity index (χ1) is 12.6. The van der Waals surface area contributed by atoms with Crippen molar-refractivity contribution in [1.29, 1.82) is 0 Å². The van der Waals surface area contributed by atoms with Gasteiger partial charge in [0.15, 0.2) is 0 Å². The van der Waals surface area contributed by atoms with Crippen molar-refractivity contribution < 1.29 is 23.9 Å². The highest BCUT2D eigenvalue weighted by Gasteiger charge is 2.71. The summed E-state index contributed by atoms with van der Waals surface area (Å²) in [4.78, 5) is 12.7. The second-order valence-corrected chi connectivity index (χ2v) is 8.30. The maximum absolute atomic E-state index is 12.7. The Morgan fingerprint density at radius 3 is 2.50 bits per heavy atom. The minimum atomic E-state index is -0.595. The van der Waals surface area contributed by atoms with Gasteiger partial charge in [0.1, 0.15) is 36.3 Å². The van der Waals surface area contributed by atoms with E-state index in [1.807, 2.05) is 30.3 Å². The number of rotatable bonds is 7. The van der Waals surface area contributed by atoms with Crippen LogP contribution in [0.1, 0.15) is 44.1 Å². The third-order valence-corrected chi connectivity index (χ3v) is 6.79. The number of likely N-dealkylation sites (N-methyl/N-ethyl adjacent to an activating group) is 1. The Hall–Kier alpha value is -1.43. The molecule has 0 amide bonds. The number of morpholine rings is 1. The van der Waals surface area contributed by atoms with Crippen LogP contribution in [0.25, 0.3) is 0 Å². The van der Waals surface area contributed by atoms with E-state index in [0.29, 0.717) is 24.3 Å². The highest BCUT2D eigenvalue weighted by Crippen LogP contribution is 2.52. The van der Waals surface area contributed by atoms with Crippen LogP contribution in [-0.4, -0.2) is 66.2 Å². The molecule has 1 aromatic rings. The van der Waals surface area contributed by atoms with E-state index in [9.17, 15) is 9.90 Å². The van der Waals surface area contributed by atoms with E-state index < -0.39 is 5.92 Å². The Bertz CT molecular complexity index is 631. The first kappa shape index (κ1) is 18.0. The number of aliphatic hydroxyl groups is 1. The number of carbonyl (C=O) groups excluding carboxylic acids is 1. The van der Waals surface area contributed by atoms with Crippen LogP contribution in [0.3, 0.4) is 0 Å². The maximum atomic E-state index is 12.7. The molecular formula is C21H30NO4+. The summed E-state index contributed by atoms with van der Waals surface area (Å²) in [7, 11) is 2.36. The SMILES string of the molecule is CCCC[N+]1(C)[C@@H]2CC(OC(=O)[C@@H](CO)c3ccccc3)C[C@H]1[C@@H]1O[C@@H]12. The molecule has 5 nitrogen and oxygen atoms in total. The van der Waals surface area contributed by atoms with Crippen LogP contribution in [-0.2, 0) is 14.3 Å². The molecule has 2 unspecified atom stereocenters. The van der Waals surface area contributed by atoms with Gasteiger partial charge in [-0.2, -0.15) is 0 Å². The summed E-state index contributed by atoms with van der Waals surface area (Å²) in [5.74, 6) is -0.898. The number of hydrogen-bond acceptors (Lipinski definition) is 4. The number of carbonyl (C=O) groups is 1. The van der Waals surface area contributed by atoms with E-state index in [1.165, 1.54) is 19.4 Å². The van der Waals surface area contributed by atoms with Gasteiger partial charge in [0, 0.05) is 12.8 Å². The molecule has 0 radical (unpaired) electrons. The van der Waals surface area contributed by atoms with Gasteiger partial charge in [0.2, 0.25) is 0 Å². The largest absolute Gasteiger partial charge is 0.461 e. The number of fused-ring (bicyclic) bond motifs is 5. The molecule has 4 rings (SSSR count). The number of ether oxygens (including phenoxy) is 2. The van der Waals surface area contributed by atoms with Crippen LogP contribution in [0.4, 0.5) is 0 Å². The molecule has 1 N–H and O–H groups in total. The number of hydrogen-bond donors (Lipinski definition) is 1. The molecule has 3 aliphatic rings. The molecule has 5 heteroatoms. The van der Waals surface area contributed by atoms with Crippen molar-refractivity contribution in [3.63, 3.8) is 0 Å². The minimum absolute atomic E-state index is 0.0560. The molecule has 1 aromatic carbocycles. The number of aliphatic hydroxyl groups excluding tert-OH is 1. The fourth-order valence-electron chi connectivity index (χ4n) is 5.23. The van der Waals surface area contributed by atoms with E-state index in [0.717, 1.165) is 22.9 Å². The van der Waals surface area contributed by atoms with Gasteiger partial charge in [-0.1, -0.05) is 43.7 Å². The van der Waals surface area contributed by atoms with E-state index in [2.05, 4.69) is 14.0 Å². The summed E-state index contributed by atoms with van der Waals surface area (Å²) in [6.45, 7) is 3.20. The van der Waals surface area contributed by atoms with Crippen LogP contribution in [0.2, 0.25) is 0 Å². The topological polar surface area (TPSA) is 59.1 Å². The van der Waals surface area contributed by atoms with Crippen LogP contribution in [0.5, 0.6) is 0 Å². The number of esters is 1. The van der Waals surface area contributed by atoms with Crippen molar-refractivity contribution in [1.82, 2.24) is 0 Å². The van der Waals surface area contributed by atoms with Crippen molar-refractivity contribution in [3.8, 4) is 0 Å². The molecule has 0 aromatic heterocycles. The fourth-order valence-corrected chi connectivity index (χ4v) is 5.23. The summed E-state index contributed by atoms with van der Waals surface area (Å²) in [5, 5.41) is 9.70. The van der Waals surface area contributed by atoms with Gasteiger partial charge in [-0.15, -0.1) is 0 Å². The zero-order chi connectivity index (χ0) is 18.3. The lowest BCUT2D eigenvalue weighted by Crippen LogP contribution is -2.62. The Morgan fingerprint density at radius 1 is 1.27 bits per heavy atom. The van der Waals surface area contributed by atoms with Gasteiger partial charge in [0.25, 0.3) is 0 Å². The highest BCUT2D eigenvalue weighted by molar-refractivity contribution is 5.78. The Labute approximate surface area is 155 Å². The molecule has 3 saturated heterocycles. The molecule has 2 bridgehead atoms. The molecule has 7 atom stereocenters. The van der Waals surface area contributed by atoms with Gasteiger partial charge in [0.05, 0.1) is 20.2 Å². The standard InChI is InChI=1S/C21H30NO4/c1-3-4-10-22(2)17-11-15(12-18(22)20-19(17)26-20)25-21(24)16(13-23)14-8-6-5-7-9-14/h5-9,15-20,23H,3-4,10-13H2,1-2H3/q+1/t15?,16-,17-,18+,19-,20+,22?/m0/s1. The monoisotopic (exact) mass is 360 g/mol. The lowest BCUT2D eigenvalue weighted by Gasteiger charge is -2.48. The minimum Gasteiger partial charge on any atom is -0.461 e. The number of benzene rings is 1. The third kappa shape index (κ3) is 2.96. The Morgan fingerprint density at radius 2 is 1.92 bits per heavy atom. The smallest absolute Gasteiger partial charge is 0.316 e. The first-order valence-corrected chi connectivity index (χ1v) is 9.95. The molecular weight excluding hydrogens is 330 g/mol. The molecule has 3 fully saturated rings. The summed E-state index contributed by atoms with van der Waals surface area (Å²) < 4.78 is 12.9. The van der Waals surface area contributed by atoms with Gasteiger partial charge in [-0.3, -0.25) is 4.79 Å². The van der Waals surface area contributed by atoms with Crippen molar-refractivity contribution in [3.05, 3.63) is 35.9 Å². The molecule has 142 valence electrons. The van der Waals surface area contributed by atoms with Crippen molar-refractivity contribution in [2.45, 2.75) is 68.9 Å². The number of nitrogens with zero attached hydrogens (tertiary/aromatic N) is 1. The zero-order valence-electron chi connectivity index (χ0n) is 15.7. The lowest BCUT2D eigenvalue weighted by molar-refractivity contribution is -0.956. The van der Waals surface area contributed by atoms with Crippen LogP contribution < -0.4 is 0 Å². The van der Waals surface area contributed by atoms with E-state index in [-0.39, 0.29) is 18.7 Å². The second kappa shape index (κ2) is 6.95. The molecule has 26 heavy (non-hydrogen) atoms. The number of unbranched alkanes of at least 4 members (excludes halogenated alkanes) is 1. The van der Waals surface area contributed by atoms with Crippen molar-refractivity contribution in [2.75, 3.05) is 20.2 Å². The van der Waals surface area contributed by atoms with Crippen LogP contribution >= 0.6 is 0 Å². The average molecular weight is 360 g/mol. The van der Waals surface area contributed by atoms with E-state index in [4.69, 9.17) is 9.47 Å². The second-order valence-electron chi connectivity index (χ2n) is 8.30. The maximum Gasteiger partial charge on any atom is 0.316 e. The molecule has 3 heterocycles. The number of quaternary nitrogens is 1. The quantitative estimate of drug-likeness (QED) is 0.460. The zero-order valence-corrected chi connectivity index (χ0v) is 15.7. The third-order valence-electron chi connectivity index (χ3n) is 6.79. The lowest BCUT2D eigenvalue weighted by atomic mass is 9.94. The number of epoxide rings is 1. The highest BCUT2D eigenvalue weighted by atomic mass is 16.6. The van der Waals surface area contributed by atoms with Gasteiger partial charge in [-0.05, 0) is 12.0 Å². The Kier molecular flexibility index (Phi) is 4.80. The van der Waals surface area contributed by atoms with Gasteiger partial charge in [-0.25, -0.2) is 0 Å². The first-order valence-electron chi connectivity index (χ1n) is 9.95. The van der Waals surface area contributed by atoms with E-state index in [1.54, 1.807) is 0 Å². The predicted octanol–water partition coefficient (Wildman–Crippen LogP) is 2.23. The normalized spacial score (nSPS) is 38.5. The predicted molar refractivity (Wildman–Crippen MR) is 97.6 cm³/mol. The summed E-state index contributed by atoms with van der Waals surface area (Å²) in [6, 6.07) is 10.3.